The average Bonchev–Trinajstić information content (AvgIpc) is 3.24. The Morgan fingerprint density at radius 1 is 1.06 bits per heavy atom. The molecule has 0 atom stereocenters. The lowest BCUT2D eigenvalue weighted by atomic mass is 10.0. The van der Waals surface area contributed by atoms with Gasteiger partial charge in [0.25, 0.3) is 5.56 Å². The molecule has 0 saturated heterocycles. The van der Waals surface area contributed by atoms with Crippen LogP contribution in [-0.4, -0.2) is 37.4 Å². The molecule has 2 aromatic carbocycles. The highest BCUT2D eigenvalue weighted by Gasteiger charge is 2.23. The fourth-order valence-electron chi connectivity index (χ4n) is 4.01. The van der Waals surface area contributed by atoms with E-state index in [1.807, 2.05) is 47.3 Å². The molecule has 0 spiro atoms. The number of thioether (sulfide) groups is 1. The van der Waals surface area contributed by atoms with Crippen LogP contribution in [0.5, 0.6) is 0 Å². The smallest absolute Gasteiger partial charge is 0.256 e. The summed E-state index contributed by atoms with van der Waals surface area (Å²) >= 11 is 1.47. The minimum absolute atomic E-state index is 0.0256. The number of fused-ring (bicyclic) bond motifs is 1. The molecule has 0 aliphatic carbocycles. The lowest BCUT2D eigenvalue weighted by Gasteiger charge is -2.27. The highest BCUT2D eigenvalue weighted by molar-refractivity contribution is 7.98. The van der Waals surface area contributed by atoms with Crippen molar-refractivity contribution >= 4 is 11.8 Å². The number of hydrogen-bond acceptors (Lipinski definition) is 5. The van der Waals surface area contributed by atoms with Gasteiger partial charge in [-0.05, 0) is 18.4 Å². The molecule has 6 nitrogen and oxygen atoms in total. The van der Waals surface area contributed by atoms with Gasteiger partial charge in [-0.15, -0.1) is 0 Å². The van der Waals surface area contributed by atoms with E-state index in [9.17, 15) is 4.79 Å². The summed E-state index contributed by atoms with van der Waals surface area (Å²) in [5, 5.41) is 5.60. The van der Waals surface area contributed by atoms with Crippen molar-refractivity contribution in [2.24, 2.45) is 0 Å². The first-order valence-electron chi connectivity index (χ1n) is 10.3. The Hall–Kier alpha value is -3.16. The molecule has 0 amide bonds. The van der Waals surface area contributed by atoms with Gasteiger partial charge in [0, 0.05) is 43.4 Å². The van der Waals surface area contributed by atoms with Gasteiger partial charge in [-0.2, -0.15) is 5.10 Å². The van der Waals surface area contributed by atoms with E-state index >= 15 is 0 Å². The van der Waals surface area contributed by atoms with E-state index in [0.717, 1.165) is 53.3 Å². The third kappa shape index (κ3) is 4.06. The standard InChI is InChI=1S/C24H23N5OS/c1-31-24-25-21-12-13-28(16-20(21)23(30)26-24)14-18-15-29(19-10-6-3-7-11-19)27-22(18)17-8-4-2-5-9-17/h2-11,15H,12-14,16H2,1H3,(H,25,26,30). The van der Waals surface area contributed by atoms with E-state index in [4.69, 9.17) is 5.10 Å². The van der Waals surface area contributed by atoms with Crippen molar-refractivity contribution in [3.63, 3.8) is 0 Å². The molecule has 0 fully saturated rings. The Balaban J connectivity index is 1.48. The first-order chi connectivity index (χ1) is 15.2. The molecule has 2 aromatic heterocycles. The summed E-state index contributed by atoms with van der Waals surface area (Å²) in [6.07, 6.45) is 4.81. The summed E-state index contributed by atoms with van der Waals surface area (Å²) in [5.41, 5.74) is 5.91. The third-order valence-electron chi connectivity index (χ3n) is 5.57. The Bertz CT molecular complexity index is 1250. The van der Waals surface area contributed by atoms with Crippen LogP contribution in [0.15, 0.2) is 76.8 Å². The van der Waals surface area contributed by atoms with Gasteiger partial charge in [-0.1, -0.05) is 60.3 Å². The number of aromatic nitrogens is 4. The zero-order valence-corrected chi connectivity index (χ0v) is 18.1. The van der Waals surface area contributed by atoms with Crippen LogP contribution < -0.4 is 5.56 Å². The fourth-order valence-corrected chi connectivity index (χ4v) is 4.40. The number of rotatable bonds is 5. The number of nitrogens with one attached hydrogen (secondary N) is 1. The monoisotopic (exact) mass is 429 g/mol. The van der Waals surface area contributed by atoms with E-state index in [1.165, 1.54) is 11.8 Å². The summed E-state index contributed by atoms with van der Waals surface area (Å²) in [7, 11) is 0. The van der Waals surface area contributed by atoms with Crippen molar-refractivity contribution in [3.05, 3.63) is 94.0 Å². The molecule has 0 bridgehead atoms. The van der Waals surface area contributed by atoms with Crippen LogP contribution >= 0.6 is 11.8 Å². The Labute approximate surface area is 185 Å². The van der Waals surface area contributed by atoms with Gasteiger partial charge in [0.1, 0.15) is 0 Å². The zero-order chi connectivity index (χ0) is 21.2. The van der Waals surface area contributed by atoms with Crippen LogP contribution in [-0.2, 0) is 19.5 Å². The topological polar surface area (TPSA) is 66.8 Å². The average molecular weight is 430 g/mol. The van der Waals surface area contributed by atoms with Gasteiger partial charge in [0.05, 0.1) is 22.6 Å². The second-order valence-corrected chi connectivity index (χ2v) is 8.41. The summed E-state index contributed by atoms with van der Waals surface area (Å²) < 4.78 is 1.94. The lowest BCUT2D eigenvalue weighted by molar-refractivity contribution is 0.241. The Morgan fingerprint density at radius 2 is 1.81 bits per heavy atom. The lowest BCUT2D eigenvalue weighted by Crippen LogP contribution is -2.35. The largest absolute Gasteiger partial charge is 0.301 e. The molecule has 1 N–H and O–H groups in total. The number of para-hydroxylation sites is 1. The summed E-state index contributed by atoms with van der Waals surface area (Å²) in [6.45, 7) is 2.18. The van der Waals surface area contributed by atoms with E-state index in [0.29, 0.717) is 11.7 Å². The molecule has 0 saturated carbocycles. The predicted molar refractivity (Wildman–Crippen MR) is 123 cm³/mol. The van der Waals surface area contributed by atoms with Crippen LogP contribution in [0.4, 0.5) is 0 Å². The highest BCUT2D eigenvalue weighted by atomic mass is 32.2. The van der Waals surface area contributed by atoms with Crippen LogP contribution in [0.25, 0.3) is 16.9 Å². The van der Waals surface area contributed by atoms with Crippen LogP contribution in [0.2, 0.25) is 0 Å². The van der Waals surface area contributed by atoms with Gasteiger partial charge in [-0.25, -0.2) is 9.67 Å². The van der Waals surface area contributed by atoms with Crippen LogP contribution in [0.1, 0.15) is 16.8 Å². The van der Waals surface area contributed by atoms with E-state index in [1.54, 1.807) is 0 Å². The third-order valence-corrected chi connectivity index (χ3v) is 6.15. The molecular weight excluding hydrogens is 406 g/mol. The minimum Gasteiger partial charge on any atom is -0.301 e. The van der Waals surface area contributed by atoms with Crippen molar-refractivity contribution in [2.75, 3.05) is 12.8 Å². The molecule has 1 aliphatic rings. The molecule has 31 heavy (non-hydrogen) atoms. The molecular formula is C24H23N5OS. The predicted octanol–water partition coefficient (Wildman–Crippen LogP) is 3.90. The van der Waals surface area contributed by atoms with Crippen LogP contribution in [0, 0.1) is 0 Å². The molecule has 4 aromatic rings. The normalized spacial score (nSPS) is 13.8. The van der Waals surface area contributed by atoms with Crippen molar-refractivity contribution in [1.29, 1.82) is 0 Å². The SMILES string of the molecule is CSc1nc2c(c(=O)[nH]1)CN(Cc1cn(-c3ccccc3)nc1-c1ccccc1)CC2. The zero-order valence-electron chi connectivity index (χ0n) is 17.3. The number of hydrogen-bond donors (Lipinski definition) is 1. The van der Waals surface area contributed by atoms with Crippen molar-refractivity contribution in [3.8, 4) is 16.9 Å². The van der Waals surface area contributed by atoms with E-state index < -0.39 is 0 Å². The minimum atomic E-state index is -0.0256. The number of benzene rings is 2. The van der Waals surface area contributed by atoms with Crippen LogP contribution in [0.3, 0.4) is 0 Å². The second-order valence-electron chi connectivity index (χ2n) is 7.61. The van der Waals surface area contributed by atoms with E-state index in [2.05, 4.69) is 45.3 Å². The molecule has 156 valence electrons. The van der Waals surface area contributed by atoms with Crippen molar-refractivity contribution in [1.82, 2.24) is 24.6 Å². The summed E-state index contributed by atoms with van der Waals surface area (Å²) in [4.78, 5) is 22.4. The number of aromatic amines is 1. The van der Waals surface area contributed by atoms with Gasteiger partial charge >= 0.3 is 0 Å². The molecule has 3 heterocycles. The Kier molecular flexibility index (Phi) is 5.44. The molecule has 5 rings (SSSR count). The molecule has 0 unspecified atom stereocenters. The summed E-state index contributed by atoms with van der Waals surface area (Å²) in [6, 6.07) is 20.4. The quantitative estimate of drug-likeness (QED) is 0.385. The van der Waals surface area contributed by atoms with Gasteiger partial charge in [-0.3, -0.25) is 9.69 Å². The molecule has 0 radical (unpaired) electrons. The second kappa shape index (κ2) is 8.53. The highest BCUT2D eigenvalue weighted by Crippen LogP contribution is 2.26. The summed E-state index contributed by atoms with van der Waals surface area (Å²) in [5.74, 6) is 0. The number of H-pyrrole nitrogens is 1. The molecule has 7 heteroatoms. The van der Waals surface area contributed by atoms with Gasteiger partial charge < -0.3 is 4.98 Å². The van der Waals surface area contributed by atoms with Gasteiger partial charge in [0.2, 0.25) is 0 Å². The number of nitrogens with zero attached hydrogens (tertiary/aromatic N) is 4. The van der Waals surface area contributed by atoms with E-state index in [-0.39, 0.29) is 5.56 Å². The van der Waals surface area contributed by atoms with Gasteiger partial charge in [0.15, 0.2) is 5.16 Å². The fraction of sp³-hybridized carbons (Fsp3) is 0.208. The van der Waals surface area contributed by atoms with Crippen molar-refractivity contribution < 1.29 is 0 Å². The maximum Gasteiger partial charge on any atom is 0.256 e. The first kappa shape index (κ1) is 19.8. The molecule has 1 aliphatic heterocycles. The maximum atomic E-state index is 12.6. The maximum absolute atomic E-state index is 12.6. The Morgan fingerprint density at radius 3 is 2.55 bits per heavy atom. The first-order valence-corrected chi connectivity index (χ1v) is 11.5. The van der Waals surface area contributed by atoms with Crippen molar-refractivity contribution in [2.45, 2.75) is 24.7 Å².